The van der Waals surface area contributed by atoms with Crippen LogP contribution >= 0.6 is 0 Å². The number of hydrogen-bond acceptors (Lipinski definition) is 1. The predicted molar refractivity (Wildman–Crippen MR) is 74.3 cm³/mol. The number of benzene rings is 1. The van der Waals surface area contributed by atoms with E-state index >= 15 is 0 Å². The number of aromatic nitrogens is 1. The molecule has 0 spiro atoms. The minimum atomic E-state index is 1.06. The zero-order valence-electron chi connectivity index (χ0n) is 11.2. The van der Waals surface area contributed by atoms with Gasteiger partial charge in [0, 0.05) is 23.5 Å². The standard InChI is InChI=1S/C16H20N2/c1-3-18(12-15-7-9-17-10-8-15)13-16-6-4-5-14(2)11-16/h4-11H,3,12-13H2,1-2H3/p+1. The third kappa shape index (κ3) is 3.67. The van der Waals surface area contributed by atoms with Crippen LogP contribution in [-0.2, 0) is 13.1 Å². The van der Waals surface area contributed by atoms with Crippen molar-refractivity contribution < 1.29 is 4.90 Å². The average Bonchev–Trinajstić information content (AvgIpc) is 2.39. The van der Waals surface area contributed by atoms with Gasteiger partial charge in [0.25, 0.3) is 0 Å². The third-order valence-corrected chi connectivity index (χ3v) is 3.24. The Morgan fingerprint density at radius 2 is 1.72 bits per heavy atom. The molecule has 0 radical (unpaired) electrons. The van der Waals surface area contributed by atoms with E-state index in [-0.39, 0.29) is 0 Å². The monoisotopic (exact) mass is 241 g/mol. The normalized spacial score (nSPS) is 12.3. The third-order valence-electron chi connectivity index (χ3n) is 3.24. The van der Waals surface area contributed by atoms with Gasteiger partial charge in [-0.1, -0.05) is 29.8 Å². The Kier molecular flexibility index (Phi) is 4.48. The van der Waals surface area contributed by atoms with Crippen molar-refractivity contribution in [3.05, 3.63) is 65.5 Å². The molecular weight excluding hydrogens is 220 g/mol. The Hall–Kier alpha value is -1.67. The van der Waals surface area contributed by atoms with Crippen molar-refractivity contribution in [3.63, 3.8) is 0 Å². The number of hydrogen-bond donors (Lipinski definition) is 1. The summed E-state index contributed by atoms with van der Waals surface area (Å²) in [5, 5.41) is 0. The van der Waals surface area contributed by atoms with Crippen molar-refractivity contribution >= 4 is 0 Å². The summed E-state index contributed by atoms with van der Waals surface area (Å²) in [5.74, 6) is 0. The van der Waals surface area contributed by atoms with Crippen molar-refractivity contribution in [2.24, 2.45) is 0 Å². The highest BCUT2D eigenvalue weighted by Gasteiger charge is 2.08. The lowest BCUT2D eigenvalue weighted by atomic mass is 10.1. The van der Waals surface area contributed by atoms with Crippen molar-refractivity contribution in [3.8, 4) is 0 Å². The molecule has 0 amide bonds. The Balaban J connectivity index is 2.01. The average molecular weight is 241 g/mol. The van der Waals surface area contributed by atoms with Crippen LogP contribution in [0.1, 0.15) is 23.6 Å². The zero-order chi connectivity index (χ0) is 12.8. The molecule has 0 bridgehead atoms. The minimum Gasteiger partial charge on any atom is -0.328 e. The van der Waals surface area contributed by atoms with Crippen molar-refractivity contribution in [1.82, 2.24) is 4.98 Å². The molecule has 0 fully saturated rings. The topological polar surface area (TPSA) is 17.3 Å². The summed E-state index contributed by atoms with van der Waals surface area (Å²) in [6, 6.07) is 13.0. The van der Waals surface area contributed by atoms with Gasteiger partial charge < -0.3 is 4.90 Å². The molecule has 1 N–H and O–H groups in total. The van der Waals surface area contributed by atoms with E-state index in [2.05, 4.69) is 55.2 Å². The highest BCUT2D eigenvalue weighted by Crippen LogP contribution is 2.02. The fraction of sp³-hybridized carbons (Fsp3) is 0.312. The first-order valence-corrected chi connectivity index (χ1v) is 6.56. The molecule has 2 heteroatoms. The number of nitrogens with one attached hydrogen (secondary N) is 1. The van der Waals surface area contributed by atoms with E-state index in [1.165, 1.54) is 16.7 Å². The van der Waals surface area contributed by atoms with E-state index in [9.17, 15) is 0 Å². The number of nitrogens with zero attached hydrogens (tertiary/aromatic N) is 1. The second-order valence-electron chi connectivity index (χ2n) is 4.80. The van der Waals surface area contributed by atoms with E-state index in [1.54, 1.807) is 4.90 Å². The SMILES string of the molecule is CC[NH+](Cc1ccncc1)Cc1cccc(C)c1. The second kappa shape index (κ2) is 6.31. The van der Waals surface area contributed by atoms with Crippen molar-refractivity contribution in [2.75, 3.05) is 6.54 Å². The number of pyridine rings is 1. The summed E-state index contributed by atoms with van der Waals surface area (Å²) in [5.41, 5.74) is 4.11. The van der Waals surface area contributed by atoms with Gasteiger partial charge in [0.05, 0.1) is 6.54 Å². The Morgan fingerprint density at radius 1 is 1.00 bits per heavy atom. The molecular formula is C16H21N2+. The molecule has 18 heavy (non-hydrogen) atoms. The van der Waals surface area contributed by atoms with Crippen LogP contribution in [0.5, 0.6) is 0 Å². The lowest BCUT2D eigenvalue weighted by Gasteiger charge is -2.18. The van der Waals surface area contributed by atoms with E-state index < -0.39 is 0 Å². The van der Waals surface area contributed by atoms with Gasteiger partial charge in [-0.2, -0.15) is 0 Å². The van der Waals surface area contributed by atoms with Crippen LogP contribution in [0.25, 0.3) is 0 Å². The maximum atomic E-state index is 4.06. The van der Waals surface area contributed by atoms with Crippen LogP contribution in [0.4, 0.5) is 0 Å². The lowest BCUT2D eigenvalue weighted by Crippen LogP contribution is -3.09. The molecule has 0 saturated carbocycles. The van der Waals surface area contributed by atoms with Crippen LogP contribution < -0.4 is 4.90 Å². The van der Waals surface area contributed by atoms with Crippen molar-refractivity contribution in [1.29, 1.82) is 0 Å². The molecule has 0 aliphatic rings. The van der Waals surface area contributed by atoms with Crippen LogP contribution in [-0.4, -0.2) is 11.5 Å². The van der Waals surface area contributed by atoms with E-state index in [0.29, 0.717) is 0 Å². The van der Waals surface area contributed by atoms with Gasteiger partial charge in [0.2, 0.25) is 0 Å². The summed E-state index contributed by atoms with van der Waals surface area (Å²) >= 11 is 0. The highest BCUT2D eigenvalue weighted by molar-refractivity contribution is 5.21. The summed E-state index contributed by atoms with van der Waals surface area (Å²) in [4.78, 5) is 5.64. The van der Waals surface area contributed by atoms with E-state index in [1.807, 2.05) is 12.4 Å². The van der Waals surface area contributed by atoms with Gasteiger partial charge in [-0.25, -0.2) is 0 Å². The van der Waals surface area contributed by atoms with Crippen LogP contribution in [0.15, 0.2) is 48.8 Å². The smallest absolute Gasteiger partial charge is 0.103 e. The second-order valence-corrected chi connectivity index (χ2v) is 4.80. The molecule has 1 aromatic carbocycles. The van der Waals surface area contributed by atoms with Crippen LogP contribution in [0, 0.1) is 6.92 Å². The molecule has 2 rings (SSSR count). The molecule has 1 atom stereocenters. The molecule has 1 unspecified atom stereocenters. The van der Waals surface area contributed by atoms with E-state index in [4.69, 9.17) is 0 Å². The van der Waals surface area contributed by atoms with Gasteiger partial charge in [-0.3, -0.25) is 4.98 Å². The number of quaternary nitrogens is 1. The summed E-state index contributed by atoms with van der Waals surface area (Å²) in [6.07, 6.45) is 3.74. The van der Waals surface area contributed by atoms with Crippen LogP contribution in [0.3, 0.4) is 0 Å². The van der Waals surface area contributed by atoms with Gasteiger partial charge in [-0.15, -0.1) is 0 Å². The first kappa shape index (κ1) is 12.8. The lowest BCUT2D eigenvalue weighted by molar-refractivity contribution is -0.925. The van der Waals surface area contributed by atoms with Gasteiger partial charge in [-0.05, 0) is 26.0 Å². The molecule has 0 aliphatic carbocycles. The first-order valence-electron chi connectivity index (χ1n) is 6.56. The fourth-order valence-electron chi connectivity index (χ4n) is 2.21. The van der Waals surface area contributed by atoms with Crippen molar-refractivity contribution in [2.45, 2.75) is 26.9 Å². The Morgan fingerprint density at radius 3 is 2.39 bits per heavy atom. The molecule has 2 aromatic rings. The zero-order valence-corrected chi connectivity index (χ0v) is 11.2. The highest BCUT2D eigenvalue weighted by atomic mass is 15.1. The Bertz CT molecular complexity index is 479. The van der Waals surface area contributed by atoms with Crippen LogP contribution in [0.2, 0.25) is 0 Å². The minimum absolute atomic E-state index is 1.06. The molecule has 94 valence electrons. The molecule has 2 nitrogen and oxygen atoms in total. The first-order chi connectivity index (χ1) is 8.78. The fourth-order valence-corrected chi connectivity index (χ4v) is 2.21. The quantitative estimate of drug-likeness (QED) is 0.847. The van der Waals surface area contributed by atoms with Gasteiger partial charge in [0.15, 0.2) is 0 Å². The summed E-state index contributed by atoms with van der Waals surface area (Å²) in [7, 11) is 0. The summed E-state index contributed by atoms with van der Waals surface area (Å²) in [6.45, 7) is 7.67. The molecule has 0 aliphatic heterocycles. The van der Waals surface area contributed by atoms with E-state index in [0.717, 1.165) is 19.6 Å². The number of aryl methyl sites for hydroxylation is 1. The predicted octanol–water partition coefficient (Wildman–Crippen LogP) is 2.00. The Labute approximate surface area is 109 Å². The molecule has 1 heterocycles. The molecule has 1 aromatic heterocycles. The maximum absolute atomic E-state index is 4.06. The van der Waals surface area contributed by atoms with Gasteiger partial charge >= 0.3 is 0 Å². The maximum Gasteiger partial charge on any atom is 0.103 e. The summed E-state index contributed by atoms with van der Waals surface area (Å²) < 4.78 is 0. The van der Waals surface area contributed by atoms with Gasteiger partial charge in [0.1, 0.15) is 13.1 Å². The molecule has 0 saturated heterocycles. The largest absolute Gasteiger partial charge is 0.328 e. The number of rotatable bonds is 5.